The first kappa shape index (κ1) is 49.5. The van der Waals surface area contributed by atoms with E-state index in [4.69, 9.17) is 32.0 Å². The van der Waals surface area contributed by atoms with Crippen LogP contribution < -0.4 is 22.5 Å². The molecule has 0 radical (unpaired) electrons. The number of ketones is 1. The number of nitrogens with zero attached hydrogens (tertiary/aromatic N) is 7. The van der Waals surface area contributed by atoms with Crippen LogP contribution in [-0.2, 0) is 38.4 Å². The minimum Gasteiger partial charge on any atom is -0.477 e. The number of allylic oxidation sites excluding steroid dienone is 3. The smallest absolute Gasteiger partial charge is 0.352 e. The predicted molar refractivity (Wildman–Crippen MR) is 259 cm³/mol. The lowest BCUT2D eigenvalue weighted by Crippen LogP contribution is -2.70. The van der Waals surface area contributed by atoms with Crippen LogP contribution in [0.3, 0.4) is 0 Å². The lowest BCUT2D eigenvalue weighted by atomic mass is 10.0. The lowest BCUT2D eigenvalue weighted by molar-refractivity contribution is -0.147. The molecule has 8 N–H and O–H groups in total. The Hall–Kier alpha value is -5.90. The second-order valence-corrected chi connectivity index (χ2v) is 19.7. The highest BCUT2D eigenvalue weighted by atomic mass is 32.2. The number of thioether (sulfide) groups is 3. The number of anilines is 2. The fraction of sp³-hybridized carbons (Fsp3) is 0.275. The van der Waals surface area contributed by atoms with Crippen LogP contribution in [0.5, 0.6) is 0 Å². The molecule has 0 spiro atoms. The highest BCUT2D eigenvalue weighted by Crippen LogP contribution is 2.41. The summed E-state index contributed by atoms with van der Waals surface area (Å²) in [5.41, 5.74) is 20.1. The fourth-order valence-electron chi connectivity index (χ4n) is 6.33. The minimum absolute atomic E-state index is 0.0282. The average molecular weight is 1010 g/mol. The largest absolute Gasteiger partial charge is 0.477 e. The number of carbonyl (C=O) groups excluding carboxylic acids is 5. The Bertz CT molecular complexity index is 2690. The first-order chi connectivity index (χ1) is 31.6. The topological polar surface area (TPSA) is 301 Å². The number of rotatable bonds is 14. The number of Topliss-reactive ketones (excluding diaryl/α,β-unsaturated/α-hetero) is 1. The normalized spacial score (nSPS) is 20.1. The summed E-state index contributed by atoms with van der Waals surface area (Å²) in [4.78, 5) is 97.7. The molecule has 4 aliphatic heterocycles. The number of hydrogen-bond donors (Lipinski definition) is 5. The molecule has 3 amide bonds. The Morgan fingerprint density at radius 1 is 0.879 bits per heavy atom. The van der Waals surface area contributed by atoms with Gasteiger partial charge in [0.05, 0.1) is 15.9 Å². The molecule has 8 rings (SSSR count). The quantitative estimate of drug-likeness (QED) is 0.0515. The highest BCUT2D eigenvalue weighted by molar-refractivity contribution is 8.16. The number of benzene rings is 1. The molecule has 66 heavy (non-hydrogen) atoms. The molecule has 0 aliphatic carbocycles. The van der Waals surface area contributed by atoms with Crippen molar-refractivity contribution in [2.45, 2.75) is 47.9 Å². The van der Waals surface area contributed by atoms with E-state index in [2.05, 4.69) is 43.7 Å². The number of oxime groups is 2. The maximum absolute atomic E-state index is 12.7. The Morgan fingerprint density at radius 3 is 1.98 bits per heavy atom. The van der Waals surface area contributed by atoms with Gasteiger partial charge in [-0.1, -0.05) is 47.8 Å². The van der Waals surface area contributed by atoms with E-state index in [0.717, 1.165) is 22.0 Å². The zero-order valence-corrected chi connectivity index (χ0v) is 40.1. The Labute approximate surface area is 401 Å². The van der Waals surface area contributed by atoms with E-state index in [1.165, 1.54) is 80.3 Å². The van der Waals surface area contributed by atoms with Crippen molar-refractivity contribution in [2.24, 2.45) is 16.0 Å². The Morgan fingerprint density at radius 2 is 1.44 bits per heavy atom. The summed E-state index contributed by atoms with van der Waals surface area (Å²) in [6, 6.07) is 6.39. The fourth-order valence-corrected chi connectivity index (χ4v) is 12.0. The molecule has 0 bridgehead atoms. The van der Waals surface area contributed by atoms with Gasteiger partial charge in [0.25, 0.3) is 11.8 Å². The van der Waals surface area contributed by atoms with E-state index in [0.29, 0.717) is 50.1 Å². The lowest BCUT2D eigenvalue weighted by Gasteiger charge is -2.49. The summed E-state index contributed by atoms with van der Waals surface area (Å²) >= 11 is 7.81. The molecule has 0 saturated carbocycles. The van der Waals surface area contributed by atoms with Gasteiger partial charge in [-0.25, -0.2) is 19.7 Å². The van der Waals surface area contributed by atoms with Crippen LogP contribution in [0.1, 0.15) is 32.2 Å². The number of aromatic nitrogens is 3. The number of nitrogens with two attached hydrogens (primary N) is 3. The van der Waals surface area contributed by atoms with Crippen molar-refractivity contribution in [3.63, 3.8) is 0 Å². The molecular weight excluding hydrogens is 971 g/mol. The number of nitrogen functional groups attached to an aromatic ring is 2. The third-order valence-electron chi connectivity index (χ3n) is 9.31. The van der Waals surface area contributed by atoms with Crippen LogP contribution in [-0.4, -0.2) is 123 Å². The number of thiazole rings is 3. The molecule has 26 heteroatoms. The van der Waals surface area contributed by atoms with Gasteiger partial charge in [-0.15, -0.1) is 57.5 Å². The number of fused-ring (bicyclic) bond motifs is 3. The number of carboxylic acid groups (broad SMARTS) is 1. The summed E-state index contributed by atoms with van der Waals surface area (Å²) in [7, 11) is 0. The van der Waals surface area contributed by atoms with Gasteiger partial charge in [-0.3, -0.25) is 33.8 Å². The van der Waals surface area contributed by atoms with Crippen LogP contribution in [0.4, 0.5) is 10.3 Å². The molecule has 346 valence electrons. The first-order valence-corrected chi connectivity index (χ1v) is 24.9. The van der Waals surface area contributed by atoms with Crippen LogP contribution in [0.15, 0.2) is 97.5 Å². The van der Waals surface area contributed by atoms with Crippen molar-refractivity contribution in [3.05, 3.63) is 94.3 Å². The maximum atomic E-state index is 12.7. The summed E-state index contributed by atoms with van der Waals surface area (Å²) < 4.78 is 1.69. The van der Waals surface area contributed by atoms with E-state index in [9.17, 15) is 28.8 Å². The number of β-lactam (4-membered cyclic amide) rings is 2. The molecule has 2 saturated heterocycles. The Balaban J connectivity index is 0.000000171. The van der Waals surface area contributed by atoms with Gasteiger partial charge in [0.15, 0.2) is 31.8 Å². The molecule has 3 unspecified atom stereocenters. The molecule has 3 aromatic heterocycles. The van der Waals surface area contributed by atoms with Gasteiger partial charge in [0, 0.05) is 29.2 Å². The van der Waals surface area contributed by atoms with Crippen LogP contribution in [0.25, 0.3) is 10.2 Å². The van der Waals surface area contributed by atoms with Gasteiger partial charge < -0.3 is 37.3 Å². The molecule has 20 nitrogen and oxygen atoms in total. The van der Waals surface area contributed by atoms with Crippen molar-refractivity contribution in [2.75, 3.05) is 36.2 Å². The average Bonchev–Trinajstić information content (AvgIpc) is 4.06. The second kappa shape index (κ2) is 22.1. The molecule has 4 aliphatic rings. The molecular formula is C40H41N11O9S6. The van der Waals surface area contributed by atoms with Crippen LogP contribution in [0.2, 0.25) is 0 Å². The summed E-state index contributed by atoms with van der Waals surface area (Å²) in [6.45, 7) is 12.8. The first-order valence-electron chi connectivity index (χ1n) is 19.4. The molecule has 4 aromatic rings. The van der Waals surface area contributed by atoms with E-state index in [1.54, 1.807) is 30.7 Å². The number of amides is 3. The Kier molecular flexibility index (Phi) is 16.6. The predicted octanol–water partition coefficient (Wildman–Crippen LogP) is 4.04. The van der Waals surface area contributed by atoms with Crippen molar-refractivity contribution in [1.82, 2.24) is 30.1 Å². The van der Waals surface area contributed by atoms with E-state index < -0.39 is 24.0 Å². The van der Waals surface area contributed by atoms with Gasteiger partial charge in [-0.2, -0.15) is 0 Å². The van der Waals surface area contributed by atoms with Gasteiger partial charge in [0.1, 0.15) is 53.1 Å². The third kappa shape index (κ3) is 10.7. The van der Waals surface area contributed by atoms with Gasteiger partial charge in [0.2, 0.25) is 11.0 Å². The minimum atomic E-state index is -1.10. The van der Waals surface area contributed by atoms with Crippen molar-refractivity contribution >= 4 is 136 Å². The van der Waals surface area contributed by atoms with E-state index >= 15 is 0 Å². The van der Waals surface area contributed by atoms with Gasteiger partial charge in [-0.05, 0) is 48.9 Å². The maximum Gasteiger partial charge on any atom is 0.352 e. The number of para-hydroxylation sites is 1. The molecule has 1 aromatic carbocycles. The number of carboxylic acids is 1. The standard InChI is InChI=1S/C17H19N5O4S2.C14H12N4O2S3.C9H10N2O3S/c1-4-9-6-27-16-12(15(25)22(16)13(9)8(3)23)20-14(24)11(21-26-5-2)10-7-28-17(18)19-10;1-2-20-18-11(9-7-21-13(15)16-9)12(19)23-14-17-8-5-3-4-6-10(8)22-14;1-2-4-3-15-8-5(10)7(12)11(8)6(4)9(13)14/h4,7,12,16H,1,5-6H2,2-3H3,(H2,18,19)(H,20,24);3-7H,2H2,1H3,(H2,15,16);2,5,8H,1,3,10H2,(H,13,14)/b21-11-;18-11-;/t;;5-,8?/m..1/s1. The summed E-state index contributed by atoms with van der Waals surface area (Å²) in [6.07, 6.45) is 3.06. The van der Waals surface area contributed by atoms with E-state index in [-0.39, 0.29) is 68.0 Å². The van der Waals surface area contributed by atoms with Crippen LogP contribution in [0, 0.1) is 0 Å². The summed E-state index contributed by atoms with van der Waals surface area (Å²) in [5.74, 6) is -1.53. The zero-order valence-electron chi connectivity index (χ0n) is 35.2. The molecule has 2 fully saturated rings. The zero-order chi connectivity index (χ0) is 47.8. The van der Waals surface area contributed by atoms with Crippen LogP contribution >= 0.6 is 69.3 Å². The number of carbonyl (C=O) groups is 6. The third-order valence-corrected chi connectivity index (χ3v) is 15.3. The van der Waals surface area contributed by atoms with Crippen molar-refractivity contribution in [3.8, 4) is 0 Å². The van der Waals surface area contributed by atoms with Crippen molar-refractivity contribution < 1.29 is 43.5 Å². The molecule has 4 atom stereocenters. The second-order valence-electron chi connectivity index (χ2n) is 13.5. The highest BCUT2D eigenvalue weighted by Gasteiger charge is 2.54. The van der Waals surface area contributed by atoms with E-state index in [1.807, 2.05) is 24.3 Å². The molecule has 7 heterocycles. The number of hydrogen-bond acceptors (Lipinski definition) is 22. The number of aliphatic carboxylic acids is 1. The summed E-state index contributed by atoms with van der Waals surface area (Å²) in [5, 5.41) is 22.5. The SMILES string of the molecule is C=CC1=C(C(=O)O)N2C(=O)[C@@H](N)C2SC1.C=CC1=C(C(C)=O)N2C(=O)C(NC(=O)/C(=N\OCC)c3csc(N)n3)C2SC1.CCO/N=C(\C(=O)Sc1nc2ccccc2s1)c1csc(N)n1. The monoisotopic (exact) mass is 1010 g/mol. The van der Waals surface area contributed by atoms with Crippen molar-refractivity contribution in [1.29, 1.82) is 0 Å². The number of nitrogens with one attached hydrogen (secondary N) is 1. The van der Waals surface area contributed by atoms with Gasteiger partial charge >= 0.3 is 5.97 Å².